The second-order valence-corrected chi connectivity index (χ2v) is 5.59. The Bertz CT molecular complexity index is 623. The van der Waals surface area contributed by atoms with E-state index in [2.05, 4.69) is 9.71 Å². The van der Waals surface area contributed by atoms with Crippen molar-refractivity contribution < 1.29 is 12.8 Å². The van der Waals surface area contributed by atoms with Crippen LogP contribution in [0.5, 0.6) is 0 Å². The molecule has 0 bridgehead atoms. The summed E-state index contributed by atoms with van der Waals surface area (Å²) in [4.78, 5) is 4.11. The molecule has 102 valence electrons. The Balaban J connectivity index is 1.94. The van der Waals surface area contributed by atoms with E-state index in [1.54, 1.807) is 12.3 Å². The van der Waals surface area contributed by atoms with Crippen LogP contribution in [0.2, 0.25) is 0 Å². The van der Waals surface area contributed by atoms with E-state index in [4.69, 9.17) is 10.2 Å². The smallest absolute Gasteiger partial charge is 0.273 e. The van der Waals surface area contributed by atoms with E-state index in [-0.39, 0.29) is 18.2 Å². The third kappa shape index (κ3) is 3.63. The summed E-state index contributed by atoms with van der Waals surface area (Å²) < 4.78 is 31.3. The molecular formula is C12H15N3O3S. The molecule has 2 heterocycles. The molecule has 2 aromatic heterocycles. The van der Waals surface area contributed by atoms with Crippen LogP contribution in [0.3, 0.4) is 0 Å². The van der Waals surface area contributed by atoms with Gasteiger partial charge in [0.25, 0.3) is 10.0 Å². The van der Waals surface area contributed by atoms with Crippen LogP contribution in [-0.2, 0) is 23.0 Å². The van der Waals surface area contributed by atoms with Gasteiger partial charge in [0.05, 0.1) is 6.54 Å². The molecule has 7 heteroatoms. The van der Waals surface area contributed by atoms with Gasteiger partial charge in [-0.2, -0.15) is 0 Å². The molecular weight excluding hydrogens is 266 g/mol. The van der Waals surface area contributed by atoms with Gasteiger partial charge in [-0.3, -0.25) is 4.98 Å². The van der Waals surface area contributed by atoms with Crippen molar-refractivity contribution in [1.82, 2.24) is 9.71 Å². The summed E-state index contributed by atoms with van der Waals surface area (Å²) in [6.07, 6.45) is 2.19. The van der Waals surface area contributed by atoms with Crippen LogP contribution in [0.4, 0.5) is 0 Å². The van der Waals surface area contributed by atoms with Crippen molar-refractivity contribution in [3.05, 3.63) is 48.0 Å². The quantitative estimate of drug-likeness (QED) is 0.810. The highest BCUT2D eigenvalue weighted by molar-refractivity contribution is 7.89. The maximum atomic E-state index is 11.9. The Morgan fingerprint density at radius 3 is 2.74 bits per heavy atom. The Kier molecular flexibility index (Phi) is 4.31. The number of furan rings is 1. The van der Waals surface area contributed by atoms with Gasteiger partial charge in [-0.05, 0) is 24.3 Å². The van der Waals surface area contributed by atoms with E-state index in [9.17, 15) is 8.42 Å². The predicted molar refractivity (Wildman–Crippen MR) is 69.7 cm³/mol. The number of pyridine rings is 1. The van der Waals surface area contributed by atoms with Gasteiger partial charge in [0.2, 0.25) is 5.09 Å². The summed E-state index contributed by atoms with van der Waals surface area (Å²) in [5, 5.41) is -0.117. The summed E-state index contributed by atoms with van der Waals surface area (Å²) in [5.41, 5.74) is 6.19. The summed E-state index contributed by atoms with van der Waals surface area (Å²) in [6.45, 7) is 0.432. The molecule has 0 aromatic carbocycles. The van der Waals surface area contributed by atoms with Gasteiger partial charge in [-0.15, -0.1) is 0 Å². The van der Waals surface area contributed by atoms with Crippen LogP contribution < -0.4 is 10.5 Å². The highest BCUT2D eigenvalue weighted by Gasteiger charge is 2.17. The molecule has 2 aromatic rings. The molecule has 0 radical (unpaired) electrons. The zero-order valence-electron chi connectivity index (χ0n) is 10.2. The largest absolute Gasteiger partial charge is 0.447 e. The Labute approximate surface area is 111 Å². The maximum Gasteiger partial charge on any atom is 0.273 e. The third-order valence-electron chi connectivity index (χ3n) is 2.50. The second kappa shape index (κ2) is 5.96. The molecule has 0 fully saturated rings. The van der Waals surface area contributed by atoms with Gasteiger partial charge in [-0.25, -0.2) is 13.1 Å². The van der Waals surface area contributed by atoms with E-state index in [0.29, 0.717) is 12.2 Å². The SMILES string of the molecule is NCc1ccc(S(=O)(=O)NCCc2ccccn2)o1. The van der Waals surface area contributed by atoms with Gasteiger partial charge in [-0.1, -0.05) is 6.07 Å². The third-order valence-corrected chi connectivity index (χ3v) is 3.84. The number of rotatable bonds is 6. The second-order valence-electron chi connectivity index (χ2n) is 3.89. The number of hydrogen-bond acceptors (Lipinski definition) is 5. The van der Waals surface area contributed by atoms with Crippen LogP contribution in [0.1, 0.15) is 11.5 Å². The number of nitrogens with zero attached hydrogens (tertiary/aromatic N) is 1. The van der Waals surface area contributed by atoms with Crippen LogP contribution in [0, 0.1) is 0 Å². The average molecular weight is 281 g/mol. The molecule has 0 spiro atoms. The lowest BCUT2D eigenvalue weighted by Crippen LogP contribution is -2.25. The first-order valence-electron chi connectivity index (χ1n) is 5.80. The average Bonchev–Trinajstić information content (AvgIpc) is 2.89. The van der Waals surface area contributed by atoms with Crippen molar-refractivity contribution in [2.75, 3.05) is 6.54 Å². The monoisotopic (exact) mass is 281 g/mol. The number of hydrogen-bond donors (Lipinski definition) is 2. The first-order chi connectivity index (χ1) is 9.12. The van der Waals surface area contributed by atoms with Crippen LogP contribution in [0.25, 0.3) is 0 Å². The topological polar surface area (TPSA) is 98.2 Å². The Morgan fingerprint density at radius 1 is 1.26 bits per heavy atom. The van der Waals surface area contributed by atoms with E-state index in [1.807, 2.05) is 18.2 Å². The van der Waals surface area contributed by atoms with Gasteiger partial charge < -0.3 is 10.2 Å². The number of nitrogens with two attached hydrogens (primary N) is 1. The zero-order chi connectivity index (χ0) is 13.7. The number of nitrogens with one attached hydrogen (secondary N) is 1. The summed E-state index contributed by atoms with van der Waals surface area (Å²) >= 11 is 0. The zero-order valence-corrected chi connectivity index (χ0v) is 11.1. The van der Waals surface area contributed by atoms with Crippen molar-refractivity contribution in [3.63, 3.8) is 0 Å². The molecule has 0 saturated heterocycles. The predicted octanol–water partition coefficient (Wildman–Crippen LogP) is 0.654. The lowest BCUT2D eigenvalue weighted by molar-refractivity contribution is 0.413. The molecule has 0 unspecified atom stereocenters. The highest BCUT2D eigenvalue weighted by Crippen LogP contribution is 2.13. The van der Waals surface area contributed by atoms with Gasteiger partial charge in [0.15, 0.2) is 0 Å². The molecule has 19 heavy (non-hydrogen) atoms. The molecule has 2 rings (SSSR count). The van der Waals surface area contributed by atoms with E-state index in [1.165, 1.54) is 6.07 Å². The lowest BCUT2D eigenvalue weighted by Gasteiger charge is -2.03. The van der Waals surface area contributed by atoms with Crippen LogP contribution in [0.15, 0.2) is 46.0 Å². The molecule has 0 aliphatic rings. The summed E-state index contributed by atoms with van der Waals surface area (Å²) in [5.74, 6) is 0.435. The Hall–Kier alpha value is -1.70. The highest BCUT2D eigenvalue weighted by atomic mass is 32.2. The first-order valence-corrected chi connectivity index (χ1v) is 7.28. The van der Waals surface area contributed by atoms with E-state index in [0.717, 1.165) is 5.69 Å². The fourth-order valence-electron chi connectivity index (χ4n) is 1.54. The first kappa shape index (κ1) is 13.7. The van der Waals surface area contributed by atoms with Gasteiger partial charge in [0, 0.05) is 24.9 Å². The van der Waals surface area contributed by atoms with Crippen molar-refractivity contribution in [2.45, 2.75) is 18.1 Å². The van der Waals surface area contributed by atoms with E-state index >= 15 is 0 Å². The maximum absolute atomic E-state index is 11.9. The standard InChI is InChI=1S/C12H15N3O3S/c13-9-11-4-5-12(18-11)19(16,17)15-8-6-10-3-1-2-7-14-10/h1-5,7,15H,6,8-9,13H2. The van der Waals surface area contributed by atoms with Crippen LogP contribution >= 0.6 is 0 Å². The van der Waals surface area contributed by atoms with Crippen molar-refractivity contribution in [1.29, 1.82) is 0 Å². The fourth-order valence-corrected chi connectivity index (χ4v) is 2.52. The summed E-state index contributed by atoms with van der Waals surface area (Å²) in [6, 6.07) is 8.45. The molecule has 0 aliphatic carbocycles. The van der Waals surface area contributed by atoms with Gasteiger partial charge >= 0.3 is 0 Å². The Morgan fingerprint density at radius 2 is 2.11 bits per heavy atom. The van der Waals surface area contributed by atoms with Crippen molar-refractivity contribution in [2.24, 2.45) is 5.73 Å². The number of sulfonamides is 1. The van der Waals surface area contributed by atoms with Crippen molar-refractivity contribution in [3.8, 4) is 0 Å². The van der Waals surface area contributed by atoms with Gasteiger partial charge in [0.1, 0.15) is 5.76 Å². The molecule has 0 atom stereocenters. The molecule has 3 N–H and O–H groups in total. The minimum atomic E-state index is -3.62. The molecule has 6 nitrogen and oxygen atoms in total. The van der Waals surface area contributed by atoms with Crippen molar-refractivity contribution >= 4 is 10.0 Å². The fraction of sp³-hybridized carbons (Fsp3) is 0.250. The molecule has 0 saturated carbocycles. The molecule has 0 aliphatic heterocycles. The minimum absolute atomic E-state index is 0.117. The lowest BCUT2D eigenvalue weighted by atomic mass is 10.3. The van der Waals surface area contributed by atoms with Crippen LogP contribution in [-0.4, -0.2) is 19.9 Å². The van der Waals surface area contributed by atoms with E-state index < -0.39 is 10.0 Å². The normalized spacial score (nSPS) is 11.6. The summed E-state index contributed by atoms with van der Waals surface area (Å²) in [7, 11) is -3.62. The molecule has 0 amide bonds. The minimum Gasteiger partial charge on any atom is -0.447 e. The number of aromatic nitrogens is 1.